The molecule has 2 rings (SSSR count). The summed E-state index contributed by atoms with van der Waals surface area (Å²) in [7, 11) is 0. The number of benzene rings is 1. The largest absolute Gasteiger partial charge is 0.207 e. The van der Waals surface area contributed by atoms with Gasteiger partial charge < -0.3 is 0 Å². The summed E-state index contributed by atoms with van der Waals surface area (Å²) in [4.78, 5) is 2.11. The fraction of sp³-hybridized carbons (Fsp3) is 0.231. The molecule has 1 heterocycles. The van der Waals surface area contributed by atoms with Crippen LogP contribution in [-0.2, 0) is 0 Å². The molecular formula is C13H11BrClFS. The zero-order valence-corrected chi connectivity index (χ0v) is 12.6. The van der Waals surface area contributed by atoms with Crippen LogP contribution in [0.15, 0.2) is 28.7 Å². The van der Waals surface area contributed by atoms with Gasteiger partial charge in [-0.1, -0.05) is 17.7 Å². The van der Waals surface area contributed by atoms with Crippen molar-refractivity contribution in [2.75, 3.05) is 0 Å². The van der Waals surface area contributed by atoms with Gasteiger partial charge in [-0.3, -0.25) is 0 Å². The van der Waals surface area contributed by atoms with Crippen molar-refractivity contribution in [2.24, 2.45) is 0 Å². The van der Waals surface area contributed by atoms with E-state index in [4.69, 9.17) is 11.6 Å². The summed E-state index contributed by atoms with van der Waals surface area (Å²) in [5.74, 6) is -0.256. The van der Waals surface area contributed by atoms with Gasteiger partial charge in [-0.2, -0.15) is 0 Å². The molecule has 0 aliphatic carbocycles. The number of alkyl halides is 1. The first-order valence-electron chi connectivity index (χ1n) is 5.15. The van der Waals surface area contributed by atoms with Crippen LogP contribution in [0.4, 0.5) is 4.39 Å². The predicted octanol–water partition coefficient (Wildman–Crippen LogP) is 5.59. The van der Waals surface area contributed by atoms with Crippen molar-refractivity contribution in [3.8, 4) is 0 Å². The minimum Gasteiger partial charge on any atom is -0.207 e. The molecule has 0 aliphatic rings. The van der Waals surface area contributed by atoms with Gasteiger partial charge in [-0.15, -0.1) is 22.9 Å². The summed E-state index contributed by atoms with van der Waals surface area (Å²) in [6.07, 6.45) is 0. The number of halogens is 3. The summed E-state index contributed by atoms with van der Waals surface area (Å²) in [6.45, 7) is 3.94. The maximum atomic E-state index is 13.7. The van der Waals surface area contributed by atoms with E-state index >= 15 is 0 Å². The smallest absolute Gasteiger partial charge is 0.128 e. The third-order valence-corrected chi connectivity index (χ3v) is 5.11. The van der Waals surface area contributed by atoms with E-state index in [1.807, 2.05) is 19.9 Å². The van der Waals surface area contributed by atoms with Crippen LogP contribution in [0, 0.1) is 19.7 Å². The zero-order chi connectivity index (χ0) is 12.6. The Morgan fingerprint density at radius 2 is 2.00 bits per heavy atom. The van der Waals surface area contributed by atoms with Crippen molar-refractivity contribution in [1.29, 1.82) is 0 Å². The Morgan fingerprint density at radius 1 is 1.29 bits per heavy atom. The van der Waals surface area contributed by atoms with E-state index in [1.54, 1.807) is 23.5 Å². The van der Waals surface area contributed by atoms with E-state index in [0.717, 1.165) is 19.8 Å². The Bertz CT molecular complexity index is 550. The summed E-state index contributed by atoms with van der Waals surface area (Å²) in [5.41, 5.74) is 1.55. The lowest BCUT2D eigenvalue weighted by molar-refractivity contribution is 0.612. The highest BCUT2D eigenvalue weighted by atomic mass is 79.9. The molecule has 1 unspecified atom stereocenters. The van der Waals surface area contributed by atoms with Crippen LogP contribution >= 0.6 is 38.9 Å². The summed E-state index contributed by atoms with van der Waals surface area (Å²) >= 11 is 11.4. The van der Waals surface area contributed by atoms with Crippen molar-refractivity contribution in [1.82, 2.24) is 0 Å². The average molecular weight is 334 g/mol. The molecular weight excluding hydrogens is 323 g/mol. The van der Waals surface area contributed by atoms with E-state index in [9.17, 15) is 4.39 Å². The number of aryl methyl sites for hydroxylation is 2. The van der Waals surface area contributed by atoms with Crippen LogP contribution in [0.25, 0.3) is 0 Å². The van der Waals surface area contributed by atoms with E-state index in [0.29, 0.717) is 5.56 Å². The van der Waals surface area contributed by atoms with E-state index in [2.05, 4.69) is 15.9 Å². The first kappa shape index (κ1) is 13.1. The first-order chi connectivity index (χ1) is 7.99. The monoisotopic (exact) mass is 332 g/mol. The quantitative estimate of drug-likeness (QED) is 0.628. The molecule has 17 heavy (non-hydrogen) atoms. The van der Waals surface area contributed by atoms with Crippen LogP contribution in [0.5, 0.6) is 0 Å². The molecule has 0 N–H and O–H groups in total. The van der Waals surface area contributed by atoms with Gasteiger partial charge in [0.15, 0.2) is 0 Å². The zero-order valence-electron chi connectivity index (χ0n) is 9.43. The Morgan fingerprint density at radius 3 is 2.59 bits per heavy atom. The van der Waals surface area contributed by atoms with Gasteiger partial charge >= 0.3 is 0 Å². The average Bonchev–Trinajstić information content (AvgIpc) is 2.60. The highest BCUT2D eigenvalue weighted by Crippen LogP contribution is 2.40. The van der Waals surface area contributed by atoms with E-state index in [1.165, 1.54) is 6.07 Å². The van der Waals surface area contributed by atoms with Gasteiger partial charge in [0.05, 0.1) is 5.38 Å². The standard InChI is InChI=1S/C13H11BrClFS/c1-7-3-4-11(16)9(5-7)12(15)13-10(14)6-8(2)17-13/h3-6,12H,1-2H3. The highest BCUT2D eigenvalue weighted by molar-refractivity contribution is 9.10. The van der Waals surface area contributed by atoms with Gasteiger partial charge in [0.2, 0.25) is 0 Å². The predicted molar refractivity (Wildman–Crippen MR) is 75.6 cm³/mol. The van der Waals surface area contributed by atoms with Crippen LogP contribution < -0.4 is 0 Å². The Labute approximate surface area is 118 Å². The molecule has 0 saturated heterocycles. The summed E-state index contributed by atoms with van der Waals surface area (Å²) in [6, 6.07) is 7.02. The SMILES string of the molecule is Cc1ccc(F)c(C(Cl)c2sc(C)cc2Br)c1. The van der Waals surface area contributed by atoms with Crippen molar-refractivity contribution < 1.29 is 4.39 Å². The number of hydrogen-bond donors (Lipinski definition) is 0. The Kier molecular flexibility index (Phi) is 3.91. The lowest BCUT2D eigenvalue weighted by Crippen LogP contribution is -1.96. The molecule has 0 amide bonds. The molecule has 2 aromatic rings. The normalized spacial score (nSPS) is 12.8. The molecule has 0 fully saturated rings. The second-order valence-electron chi connectivity index (χ2n) is 3.96. The second kappa shape index (κ2) is 5.09. The molecule has 4 heteroatoms. The summed E-state index contributed by atoms with van der Waals surface area (Å²) < 4.78 is 14.7. The fourth-order valence-corrected chi connectivity index (χ4v) is 4.10. The minimum absolute atomic E-state index is 0.256. The number of hydrogen-bond acceptors (Lipinski definition) is 1. The highest BCUT2D eigenvalue weighted by Gasteiger charge is 2.19. The molecule has 0 bridgehead atoms. The molecule has 0 saturated carbocycles. The van der Waals surface area contributed by atoms with Gasteiger partial charge in [-0.25, -0.2) is 4.39 Å². The van der Waals surface area contributed by atoms with Crippen molar-refractivity contribution in [3.63, 3.8) is 0 Å². The maximum Gasteiger partial charge on any atom is 0.128 e. The lowest BCUT2D eigenvalue weighted by Gasteiger charge is -2.10. The van der Waals surface area contributed by atoms with Gasteiger partial charge in [0.1, 0.15) is 5.82 Å². The van der Waals surface area contributed by atoms with Crippen LogP contribution in [0.3, 0.4) is 0 Å². The fourth-order valence-electron chi connectivity index (χ4n) is 1.67. The van der Waals surface area contributed by atoms with Crippen molar-refractivity contribution >= 4 is 38.9 Å². The topological polar surface area (TPSA) is 0 Å². The Balaban J connectivity index is 2.46. The number of rotatable bonds is 2. The van der Waals surface area contributed by atoms with Gasteiger partial charge in [0, 0.05) is 19.8 Å². The Hall–Kier alpha value is -0.380. The molecule has 1 atom stereocenters. The molecule has 1 aromatic carbocycles. The molecule has 0 radical (unpaired) electrons. The number of thiophene rings is 1. The molecule has 0 nitrogen and oxygen atoms in total. The minimum atomic E-state index is -0.442. The van der Waals surface area contributed by atoms with Crippen LogP contribution in [-0.4, -0.2) is 0 Å². The van der Waals surface area contributed by atoms with Gasteiger partial charge in [-0.05, 0) is 41.9 Å². The lowest BCUT2D eigenvalue weighted by atomic mass is 10.1. The van der Waals surface area contributed by atoms with Crippen molar-refractivity contribution in [3.05, 3.63) is 55.4 Å². The van der Waals surface area contributed by atoms with E-state index in [-0.39, 0.29) is 5.82 Å². The molecule has 1 aromatic heterocycles. The summed E-state index contributed by atoms with van der Waals surface area (Å²) in [5, 5.41) is -0.442. The van der Waals surface area contributed by atoms with E-state index < -0.39 is 5.38 Å². The molecule has 0 aliphatic heterocycles. The first-order valence-corrected chi connectivity index (χ1v) is 7.19. The third-order valence-electron chi connectivity index (χ3n) is 2.49. The second-order valence-corrected chi connectivity index (χ2v) is 6.54. The molecule has 90 valence electrons. The maximum absolute atomic E-state index is 13.7. The van der Waals surface area contributed by atoms with Crippen LogP contribution in [0.2, 0.25) is 0 Å². The van der Waals surface area contributed by atoms with Gasteiger partial charge in [0.25, 0.3) is 0 Å². The molecule has 0 spiro atoms. The van der Waals surface area contributed by atoms with Crippen molar-refractivity contribution in [2.45, 2.75) is 19.2 Å². The third kappa shape index (κ3) is 2.72. The van der Waals surface area contributed by atoms with Crippen LogP contribution in [0.1, 0.15) is 26.3 Å².